The Morgan fingerprint density at radius 1 is 1.16 bits per heavy atom. The number of H-pyrrole nitrogens is 1. The molecule has 1 aromatic carbocycles. The van der Waals surface area contributed by atoms with E-state index in [0.29, 0.717) is 47.9 Å². The molecule has 1 heterocycles. The Balaban J connectivity index is 2.12. The number of aryl methyl sites for hydroxylation is 1. The molecule has 136 valence electrons. The molecule has 0 saturated carbocycles. The Hall–Kier alpha value is -2.50. The fraction of sp³-hybridized carbons (Fsp3) is 0.474. The smallest absolute Gasteiger partial charge is 0.251 e. The zero-order valence-corrected chi connectivity index (χ0v) is 15.3. The number of ether oxygens (including phenoxy) is 2. The summed E-state index contributed by atoms with van der Waals surface area (Å²) < 4.78 is 10.5. The highest BCUT2D eigenvalue weighted by atomic mass is 16.5. The number of aromatic nitrogens is 1. The van der Waals surface area contributed by atoms with Crippen molar-refractivity contribution in [1.82, 2.24) is 10.3 Å². The van der Waals surface area contributed by atoms with Gasteiger partial charge in [0.15, 0.2) is 11.5 Å². The first-order chi connectivity index (χ1) is 11.9. The first kappa shape index (κ1) is 18.8. The van der Waals surface area contributed by atoms with Crippen LogP contribution in [0.25, 0.3) is 10.9 Å². The van der Waals surface area contributed by atoms with E-state index in [-0.39, 0.29) is 11.5 Å². The Labute approximate surface area is 147 Å². The van der Waals surface area contributed by atoms with Crippen LogP contribution in [0.1, 0.15) is 32.3 Å². The molecule has 0 radical (unpaired) electrons. The quantitative estimate of drug-likeness (QED) is 0.770. The number of rotatable bonds is 8. The van der Waals surface area contributed by atoms with Gasteiger partial charge < -0.3 is 19.8 Å². The number of aromatic amines is 1. The number of fused-ring (bicyclic) bond motifs is 1. The van der Waals surface area contributed by atoms with Gasteiger partial charge in [0.1, 0.15) is 0 Å². The van der Waals surface area contributed by atoms with Crippen LogP contribution in [-0.2, 0) is 11.2 Å². The molecule has 0 unspecified atom stereocenters. The second kappa shape index (κ2) is 8.55. The maximum Gasteiger partial charge on any atom is 0.251 e. The standard InChI is InChI=1S/C19H26N2O4/c1-12(2)7-8-20-18(22)6-5-13-9-14-10-16(24-3)17(25-4)11-15(14)21-19(13)23/h9-12H,5-8H2,1-4H3,(H,20,22)(H,21,23). The molecular formula is C19H26N2O4. The molecule has 0 aliphatic rings. The van der Waals surface area contributed by atoms with Gasteiger partial charge >= 0.3 is 0 Å². The van der Waals surface area contributed by atoms with E-state index in [1.54, 1.807) is 26.4 Å². The van der Waals surface area contributed by atoms with E-state index in [2.05, 4.69) is 24.1 Å². The van der Waals surface area contributed by atoms with Crippen LogP contribution in [0.3, 0.4) is 0 Å². The average molecular weight is 346 g/mol. The van der Waals surface area contributed by atoms with Crippen LogP contribution < -0.4 is 20.3 Å². The molecule has 0 aliphatic carbocycles. The second-order valence-corrected chi connectivity index (χ2v) is 6.45. The number of benzene rings is 1. The zero-order chi connectivity index (χ0) is 18.4. The molecule has 6 heteroatoms. The summed E-state index contributed by atoms with van der Waals surface area (Å²) in [7, 11) is 3.12. The summed E-state index contributed by atoms with van der Waals surface area (Å²) in [5, 5.41) is 3.73. The number of methoxy groups -OCH3 is 2. The number of nitrogens with one attached hydrogen (secondary N) is 2. The Morgan fingerprint density at radius 3 is 2.48 bits per heavy atom. The lowest BCUT2D eigenvalue weighted by atomic mass is 10.1. The molecule has 0 bridgehead atoms. The average Bonchev–Trinajstić information content (AvgIpc) is 2.58. The van der Waals surface area contributed by atoms with Gasteiger partial charge in [0.05, 0.1) is 19.7 Å². The topological polar surface area (TPSA) is 80.4 Å². The summed E-state index contributed by atoms with van der Waals surface area (Å²) in [6.45, 7) is 4.90. The van der Waals surface area contributed by atoms with E-state index in [1.165, 1.54) is 0 Å². The molecule has 2 N–H and O–H groups in total. The van der Waals surface area contributed by atoms with Crippen LogP contribution in [0.5, 0.6) is 11.5 Å². The van der Waals surface area contributed by atoms with Gasteiger partial charge in [-0.3, -0.25) is 9.59 Å². The Morgan fingerprint density at radius 2 is 1.84 bits per heavy atom. The van der Waals surface area contributed by atoms with Crippen molar-refractivity contribution in [3.05, 3.63) is 34.1 Å². The van der Waals surface area contributed by atoms with Crippen molar-refractivity contribution >= 4 is 16.8 Å². The first-order valence-corrected chi connectivity index (χ1v) is 8.49. The first-order valence-electron chi connectivity index (χ1n) is 8.49. The number of carbonyl (C=O) groups excluding carboxylic acids is 1. The second-order valence-electron chi connectivity index (χ2n) is 6.45. The normalized spacial score (nSPS) is 10.9. The summed E-state index contributed by atoms with van der Waals surface area (Å²) in [4.78, 5) is 27.0. The minimum atomic E-state index is -0.185. The minimum absolute atomic E-state index is 0.0348. The molecule has 0 saturated heterocycles. The summed E-state index contributed by atoms with van der Waals surface area (Å²) in [5.74, 6) is 1.67. The molecule has 0 aliphatic heterocycles. The van der Waals surface area contributed by atoms with E-state index >= 15 is 0 Å². The van der Waals surface area contributed by atoms with Gasteiger partial charge in [-0.1, -0.05) is 13.8 Å². The highest BCUT2D eigenvalue weighted by Crippen LogP contribution is 2.31. The van der Waals surface area contributed by atoms with Gasteiger partial charge in [0.2, 0.25) is 5.91 Å². The van der Waals surface area contributed by atoms with Crippen molar-refractivity contribution < 1.29 is 14.3 Å². The van der Waals surface area contributed by atoms with Gasteiger partial charge in [0, 0.05) is 30.0 Å². The SMILES string of the molecule is COc1cc2cc(CCC(=O)NCCC(C)C)c(=O)[nH]c2cc1OC. The molecule has 2 aromatic rings. The lowest BCUT2D eigenvalue weighted by Crippen LogP contribution is -2.26. The van der Waals surface area contributed by atoms with Crippen molar-refractivity contribution in [2.45, 2.75) is 33.1 Å². The van der Waals surface area contributed by atoms with E-state index in [1.807, 2.05) is 6.07 Å². The molecule has 0 atom stereocenters. The van der Waals surface area contributed by atoms with Crippen molar-refractivity contribution in [2.75, 3.05) is 20.8 Å². The van der Waals surface area contributed by atoms with Crippen molar-refractivity contribution in [2.24, 2.45) is 5.92 Å². The van der Waals surface area contributed by atoms with Crippen LogP contribution >= 0.6 is 0 Å². The lowest BCUT2D eigenvalue weighted by molar-refractivity contribution is -0.121. The third kappa shape index (κ3) is 4.98. The molecule has 0 fully saturated rings. The lowest BCUT2D eigenvalue weighted by Gasteiger charge is -2.10. The van der Waals surface area contributed by atoms with Gasteiger partial charge in [-0.05, 0) is 30.9 Å². The highest BCUT2D eigenvalue weighted by Gasteiger charge is 2.10. The number of pyridine rings is 1. The third-order valence-electron chi connectivity index (χ3n) is 4.09. The summed E-state index contributed by atoms with van der Waals surface area (Å²) in [5.41, 5.74) is 1.07. The number of amides is 1. The van der Waals surface area contributed by atoms with Gasteiger partial charge in [-0.15, -0.1) is 0 Å². The van der Waals surface area contributed by atoms with Gasteiger partial charge in [-0.25, -0.2) is 0 Å². The monoisotopic (exact) mass is 346 g/mol. The number of hydrogen-bond acceptors (Lipinski definition) is 4. The highest BCUT2D eigenvalue weighted by molar-refractivity contribution is 5.83. The van der Waals surface area contributed by atoms with Gasteiger partial charge in [0.25, 0.3) is 5.56 Å². The maximum absolute atomic E-state index is 12.2. The maximum atomic E-state index is 12.2. The Bertz CT molecular complexity index is 796. The van der Waals surface area contributed by atoms with E-state index in [4.69, 9.17) is 9.47 Å². The van der Waals surface area contributed by atoms with Crippen LogP contribution in [0.15, 0.2) is 23.0 Å². The van der Waals surface area contributed by atoms with Crippen molar-refractivity contribution in [1.29, 1.82) is 0 Å². The molecule has 1 amide bonds. The van der Waals surface area contributed by atoms with Crippen LogP contribution in [0.4, 0.5) is 0 Å². The summed E-state index contributed by atoms with van der Waals surface area (Å²) in [6, 6.07) is 5.35. The predicted molar refractivity (Wildman–Crippen MR) is 98.5 cm³/mol. The number of carbonyl (C=O) groups is 1. The van der Waals surface area contributed by atoms with Crippen molar-refractivity contribution in [3.8, 4) is 11.5 Å². The zero-order valence-electron chi connectivity index (χ0n) is 15.3. The summed E-state index contributed by atoms with van der Waals surface area (Å²) in [6.07, 6.45) is 1.64. The summed E-state index contributed by atoms with van der Waals surface area (Å²) >= 11 is 0. The van der Waals surface area contributed by atoms with Crippen molar-refractivity contribution in [3.63, 3.8) is 0 Å². The molecule has 25 heavy (non-hydrogen) atoms. The molecule has 0 spiro atoms. The fourth-order valence-corrected chi connectivity index (χ4v) is 2.60. The van der Waals surface area contributed by atoms with E-state index in [0.717, 1.165) is 11.8 Å². The molecule has 6 nitrogen and oxygen atoms in total. The van der Waals surface area contributed by atoms with E-state index in [9.17, 15) is 9.59 Å². The van der Waals surface area contributed by atoms with Crippen LogP contribution in [0.2, 0.25) is 0 Å². The number of hydrogen-bond donors (Lipinski definition) is 2. The molecule has 2 rings (SSSR count). The van der Waals surface area contributed by atoms with Crippen LogP contribution in [0, 0.1) is 5.92 Å². The van der Waals surface area contributed by atoms with E-state index < -0.39 is 0 Å². The molecular weight excluding hydrogens is 320 g/mol. The fourth-order valence-electron chi connectivity index (χ4n) is 2.60. The third-order valence-corrected chi connectivity index (χ3v) is 4.09. The Kier molecular flexibility index (Phi) is 6.44. The minimum Gasteiger partial charge on any atom is -0.493 e. The molecule has 1 aromatic heterocycles. The predicted octanol–water partition coefficient (Wildman–Crippen LogP) is 2.64. The van der Waals surface area contributed by atoms with Gasteiger partial charge in [-0.2, -0.15) is 0 Å². The largest absolute Gasteiger partial charge is 0.493 e. The van der Waals surface area contributed by atoms with Crippen LogP contribution in [-0.4, -0.2) is 31.7 Å².